The first-order chi connectivity index (χ1) is 8.56. The Hall–Kier alpha value is -0.430. The molecule has 0 aliphatic rings. The topological polar surface area (TPSA) is 51.8 Å². The van der Waals surface area contributed by atoms with Gasteiger partial charge in [0.15, 0.2) is 4.34 Å². The summed E-state index contributed by atoms with van der Waals surface area (Å²) in [7, 11) is 0. The van der Waals surface area contributed by atoms with Crippen LogP contribution in [-0.2, 0) is 0 Å². The van der Waals surface area contributed by atoms with Crippen LogP contribution in [0.2, 0.25) is 0 Å². The van der Waals surface area contributed by atoms with E-state index in [1.807, 2.05) is 26.0 Å². The molecule has 2 aromatic rings. The van der Waals surface area contributed by atoms with Crippen LogP contribution in [0.3, 0.4) is 0 Å². The van der Waals surface area contributed by atoms with Gasteiger partial charge in [0.05, 0.1) is 5.25 Å². The molecule has 0 radical (unpaired) electrons. The zero-order chi connectivity index (χ0) is 13.1. The third-order valence-electron chi connectivity index (χ3n) is 2.41. The Kier molecular flexibility index (Phi) is 4.77. The van der Waals surface area contributed by atoms with Gasteiger partial charge in [0.2, 0.25) is 0 Å². The molecule has 0 amide bonds. The highest BCUT2D eigenvalue weighted by Gasteiger charge is 2.19. The predicted molar refractivity (Wildman–Crippen MR) is 81.0 cm³/mol. The van der Waals surface area contributed by atoms with E-state index in [0.717, 1.165) is 13.8 Å². The van der Waals surface area contributed by atoms with Crippen molar-refractivity contribution in [1.82, 2.24) is 10.2 Å². The van der Waals surface area contributed by atoms with E-state index in [1.165, 1.54) is 5.56 Å². The molecule has 1 aromatic heterocycles. The maximum Gasteiger partial charge on any atom is 0.174 e. The number of thioether (sulfide) groups is 1. The second kappa shape index (κ2) is 6.14. The van der Waals surface area contributed by atoms with Crippen LogP contribution in [0, 0.1) is 6.92 Å². The zero-order valence-electron chi connectivity index (χ0n) is 10.1. The number of rotatable bonds is 4. The van der Waals surface area contributed by atoms with Gasteiger partial charge in [-0.05, 0) is 31.5 Å². The number of aromatic nitrogens is 2. The van der Waals surface area contributed by atoms with E-state index in [0.29, 0.717) is 0 Å². The average Bonchev–Trinajstić information content (AvgIpc) is 2.73. The van der Waals surface area contributed by atoms with Crippen molar-refractivity contribution in [2.24, 2.45) is 5.73 Å². The van der Waals surface area contributed by atoms with Crippen molar-refractivity contribution in [3.63, 3.8) is 0 Å². The van der Waals surface area contributed by atoms with Crippen LogP contribution in [0.25, 0.3) is 0 Å². The monoisotopic (exact) mass is 343 g/mol. The minimum Gasteiger partial charge on any atom is -0.327 e. The van der Waals surface area contributed by atoms with E-state index in [4.69, 9.17) is 5.73 Å². The largest absolute Gasteiger partial charge is 0.327 e. The molecule has 0 bridgehead atoms. The first-order valence-corrected chi connectivity index (χ1v) is 8.03. The Morgan fingerprint density at radius 1 is 1.28 bits per heavy atom. The fourth-order valence-electron chi connectivity index (χ4n) is 1.57. The molecule has 2 N–H and O–H groups in total. The number of halogens is 1. The van der Waals surface area contributed by atoms with Crippen LogP contribution in [0.1, 0.15) is 22.7 Å². The Morgan fingerprint density at radius 3 is 2.44 bits per heavy atom. The van der Waals surface area contributed by atoms with Crippen LogP contribution in [0.4, 0.5) is 0 Å². The fraction of sp³-hybridized carbons (Fsp3) is 0.333. The Labute approximate surface area is 123 Å². The molecule has 2 atom stereocenters. The van der Waals surface area contributed by atoms with E-state index in [9.17, 15) is 0 Å². The first-order valence-electron chi connectivity index (χ1n) is 5.54. The fourth-order valence-corrected chi connectivity index (χ4v) is 3.92. The minimum absolute atomic E-state index is 0.0559. The zero-order valence-corrected chi connectivity index (χ0v) is 13.3. The quantitative estimate of drug-likeness (QED) is 0.858. The SMILES string of the molecule is Cc1nnc(SC(c2ccc(Br)cc2)C(C)N)s1. The second-order valence-electron chi connectivity index (χ2n) is 4.04. The average molecular weight is 344 g/mol. The van der Waals surface area contributed by atoms with Gasteiger partial charge in [0.25, 0.3) is 0 Å². The number of nitrogens with zero attached hydrogens (tertiary/aromatic N) is 2. The standard InChI is InChI=1S/C12H14BrN3S2/c1-7(14)11(9-3-5-10(13)6-4-9)18-12-16-15-8(2)17-12/h3-7,11H,14H2,1-2H3. The molecule has 2 rings (SSSR count). The summed E-state index contributed by atoms with van der Waals surface area (Å²) in [6.45, 7) is 3.98. The highest BCUT2D eigenvalue weighted by atomic mass is 79.9. The normalized spacial score (nSPS) is 14.4. The Morgan fingerprint density at radius 2 is 1.94 bits per heavy atom. The summed E-state index contributed by atoms with van der Waals surface area (Å²) in [4.78, 5) is 0. The third kappa shape index (κ3) is 3.54. The molecule has 1 aromatic carbocycles. The molecule has 0 fully saturated rings. The van der Waals surface area contributed by atoms with Gasteiger partial charge in [-0.2, -0.15) is 0 Å². The summed E-state index contributed by atoms with van der Waals surface area (Å²) in [5.74, 6) is 0. The van der Waals surface area contributed by atoms with E-state index < -0.39 is 0 Å². The number of hydrogen-bond acceptors (Lipinski definition) is 5. The molecule has 1 heterocycles. The van der Waals surface area contributed by atoms with Crippen LogP contribution in [0.5, 0.6) is 0 Å². The van der Waals surface area contributed by atoms with E-state index in [2.05, 4.69) is 38.3 Å². The van der Waals surface area contributed by atoms with Gasteiger partial charge in [-0.1, -0.05) is 51.2 Å². The van der Waals surface area contributed by atoms with Crippen LogP contribution in [0.15, 0.2) is 33.1 Å². The third-order valence-corrected chi connectivity index (χ3v) is 5.35. The lowest BCUT2D eigenvalue weighted by atomic mass is 10.1. The molecule has 0 saturated heterocycles. The van der Waals surface area contributed by atoms with E-state index >= 15 is 0 Å². The van der Waals surface area contributed by atoms with Gasteiger partial charge in [0, 0.05) is 10.5 Å². The van der Waals surface area contributed by atoms with Crippen molar-refractivity contribution in [1.29, 1.82) is 0 Å². The summed E-state index contributed by atoms with van der Waals surface area (Å²) in [6.07, 6.45) is 0. The van der Waals surface area contributed by atoms with Crippen LogP contribution in [-0.4, -0.2) is 16.2 Å². The summed E-state index contributed by atoms with van der Waals surface area (Å²) < 4.78 is 2.05. The molecule has 3 nitrogen and oxygen atoms in total. The molecule has 18 heavy (non-hydrogen) atoms. The van der Waals surface area contributed by atoms with Crippen molar-refractivity contribution in [2.75, 3.05) is 0 Å². The van der Waals surface area contributed by atoms with Gasteiger partial charge in [-0.15, -0.1) is 10.2 Å². The van der Waals surface area contributed by atoms with Gasteiger partial charge in [-0.25, -0.2) is 0 Å². The smallest absolute Gasteiger partial charge is 0.174 e. The van der Waals surface area contributed by atoms with Crippen molar-refractivity contribution < 1.29 is 0 Å². The lowest BCUT2D eigenvalue weighted by molar-refractivity contribution is 0.720. The maximum atomic E-state index is 6.09. The van der Waals surface area contributed by atoms with Crippen molar-refractivity contribution in [3.05, 3.63) is 39.3 Å². The first kappa shape index (κ1) is 14.0. The lowest BCUT2D eigenvalue weighted by Crippen LogP contribution is -2.22. The highest BCUT2D eigenvalue weighted by Crippen LogP contribution is 2.38. The van der Waals surface area contributed by atoms with Crippen LogP contribution < -0.4 is 5.73 Å². The molecular formula is C12H14BrN3S2. The van der Waals surface area contributed by atoms with Gasteiger partial charge in [-0.3, -0.25) is 0 Å². The molecule has 0 saturated carbocycles. The van der Waals surface area contributed by atoms with Crippen molar-refractivity contribution in [3.8, 4) is 0 Å². The lowest BCUT2D eigenvalue weighted by Gasteiger charge is -2.19. The summed E-state index contributed by atoms with van der Waals surface area (Å²) in [5.41, 5.74) is 7.30. The van der Waals surface area contributed by atoms with Crippen LogP contribution >= 0.6 is 39.0 Å². The number of hydrogen-bond donors (Lipinski definition) is 1. The highest BCUT2D eigenvalue weighted by molar-refractivity contribution is 9.10. The van der Waals surface area contributed by atoms with Gasteiger partial charge < -0.3 is 5.73 Å². The second-order valence-corrected chi connectivity index (χ2v) is 7.52. The van der Waals surface area contributed by atoms with Gasteiger partial charge in [0.1, 0.15) is 5.01 Å². The molecule has 0 aliphatic carbocycles. The summed E-state index contributed by atoms with van der Waals surface area (Å²) in [5, 5.41) is 9.37. The molecule has 0 spiro atoms. The predicted octanol–water partition coefficient (Wildman–Crippen LogP) is 3.79. The van der Waals surface area contributed by atoms with Crippen molar-refractivity contribution in [2.45, 2.75) is 29.5 Å². The molecule has 2 unspecified atom stereocenters. The number of benzene rings is 1. The number of nitrogens with two attached hydrogens (primary N) is 1. The van der Waals surface area contributed by atoms with E-state index in [-0.39, 0.29) is 11.3 Å². The van der Waals surface area contributed by atoms with Gasteiger partial charge >= 0.3 is 0 Å². The van der Waals surface area contributed by atoms with Crippen molar-refractivity contribution >= 4 is 39.0 Å². The summed E-state index contributed by atoms with van der Waals surface area (Å²) in [6, 6.07) is 8.33. The Balaban J connectivity index is 2.20. The minimum atomic E-state index is 0.0559. The summed E-state index contributed by atoms with van der Waals surface area (Å²) >= 11 is 6.73. The molecule has 6 heteroatoms. The maximum absolute atomic E-state index is 6.09. The Bertz CT molecular complexity index is 510. The molecule has 0 aliphatic heterocycles. The molecular weight excluding hydrogens is 330 g/mol. The molecule has 96 valence electrons. The van der Waals surface area contributed by atoms with E-state index in [1.54, 1.807) is 23.1 Å². The number of aryl methyl sites for hydroxylation is 1.